The molecule has 3 heterocycles. The van der Waals surface area contributed by atoms with Crippen LogP contribution in [-0.4, -0.2) is 15.8 Å². The quantitative estimate of drug-likeness (QED) is 0.549. The molecule has 6 heteroatoms. The molecule has 0 saturated carbocycles. The van der Waals surface area contributed by atoms with Crippen LogP contribution >= 0.6 is 23.1 Å². The standard InChI is InChI=1S/C13H12N2O2S2/c1-8-6-10-11(19-8)14-13(18-2)15(12(10)16)7-9-4-3-5-17-9/h3-6H,7H2,1-2H3. The molecule has 0 atom stereocenters. The van der Waals surface area contributed by atoms with Gasteiger partial charge in [0.1, 0.15) is 10.6 Å². The smallest absolute Gasteiger partial charge is 0.263 e. The van der Waals surface area contributed by atoms with Crippen LogP contribution in [0.5, 0.6) is 0 Å². The second kappa shape index (κ2) is 4.86. The molecular formula is C13H12N2O2S2. The van der Waals surface area contributed by atoms with Gasteiger partial charge in [0.2, 0.25) is 0 Å². The number of fused-ring (bicyclic) bond motifs is 1. The van der Waals surface area contributed by atoms with Crippen LogP contribution in [0.2, 0.25) is 0 Å². The van der Waals surface area contributed by atoms with E-state index in [2.05, 4.69) is 4.98 Å². The first kappa shape index (κ1) is 12.5. The SMILES string of the molecule is CSc1nc2sc(C)cc2c(=O)n1Cc1ccco1. The van der Waals surface area contributed by atoms with Crippen LogP contribution in [0.1, 0.15) is 10.6 Å². The molecule has 3 rings (SSSR count). The molecule has 0 saturated heterocycles. The minimum atomic E-state index is -0.00454. The average molecular weight is 292 g/mol. The number of aromatic nitrogens is 2. The molecule has 3 aromatic heterocycles. The van der Waals surface area contributed by atoms with Crippen molar-refractivity contribution in [1.29, 1.82) is 0 Å². The highest BCUT2D eigenvalue weighted by Gasteiger charge is 2.13. The zero-order valence-corrected chi connectivity index (χ0v) is 12.2. The number of hydrogen-bond acceptors (Lipinski definition) is 5. The van der Waals surface area contributed by atoms with Gasteiger partial charge in [-0.15, -0.1) is 11.3 Å². The van der Waals surface area contributed by atoms with Gasteiger partial charge in [0, 0.05) is 4.88 Å². The van der Waals surface area contributed by atoms with Crippen LogP contribution in [0, 0.1) is 6.92 Å². The van der Waals surface area contributed by atoms with Crippen molar-refractivity contribution in [1.82, 2.24) is 9.55 Å². The van der Waals surface area contributed by atoms with E-state index in [1.807, 2.05) is 31.4 Å². The Morgan fingerprint density at radius 3 is 3.05 bits per heavy atom. The molecule has 0 N–H and O–H groups in total. The van der Waals surface area contributed by atoms with Crippen molar-refractivity contribution in [2.75, 3.05) is 6.26 Å². The Labute approximate surface area is 118 Å². The van der Waals surface area contributed by atoms with Gasteiger partial charge in [0.05, 0.1) is 18.2 Å². The Bertz CT molecular complexity index is 772. The highest BCUT2D eigenvalue weighted by atomic mass is 32.2. The summed E-state index contributed by atoms with van der Waals surface area (Å²) in [5.74, 6) is 0.755. The van der Waals surface area contributed by atoms with Gasteiger partial charge in [-0.05, 0) is 31.4 Å². The Balaban J connectivity index is 2.21. The first-order chi connectivity index (χ1) is 9.19. The third-order valence-electron chi connectivity index (χ3n) is 2.82. The van der Waals surface area contributed by atoms with Crippen molar-refractivity contribution < 1.29 is 4.42 Å². The molecule has 0 spiro atoms. The molecule has 0 aliphatic carbocycles. The van der Waals surface area contributed by atoms with Crippen molar-refractivity contribution in [2.45, 2.75) is 18.6 Å². The summed E-state index contributed by atoms with van der Waals surface area (Å²) in [5.41, 5.74) is -0.00454. The van der Waals surface area contributed by atoms with E-state index >= 15 is 0 Å². The van der Waals surface area contributed by atoms with Crippen LogP contribution in [-0.2, 0) is 6.54 Å². The number of hydrogen-bond donors (Lipinski definition) is 0. The van der Waals surface area contributed by atoms with E-state index in [0.717, 1.165) is 20.6 Å². The highest BCUT2D eigenvalue weighted by Crippen LogP contribution is 2.23. The zero-order chi connectivity index (χ0) is 13.4. The number of thiophene rings is 1. The molecular weight excluding hydrogens is 280 g/mol. The number of aryl methyl sites for hydroxylation is 1. The van der Waals surface area contributed by atoms with Gasteiger partial charge in [-0.2, -0.15) is 0 Å². The van der Waals surface area contributed by atoms with Gasteiger partial charge in [-0.25, -0.2) is 4.98 Å². The van der Waals surface area contributed by atoms with Crippen molar-refractivity contribution in [3.8, 4) is 0 Å². The molecule has 0 bridgehead atoms. The Morgan fingerprint density at radius 2 is 2.37 bits per heavy atom. The lowest BCUT2D eigenvalue weighted by Crippen LogP contribution is -2.23. The first-order valence-electron chi connectivity index (χ1n) is 5.76. The lowest BCUT2D eigenvalue weighted by atomic mass is 10.3. The summed E-state index contributed by atoms with van der Waals surface area (Å²) in [6.45, 7) is 2.40. The van der Waals surface area contributed by atoms with Crippen LogP contribution in [0.4, 0.5) is 0 Å². The Hall–Kier alpha value is -1.53. The summed E-state index contributed by atoms with van der Waals surface area (Å²) >= 11 is 3.02. The monoisotopic (exact) mass is 292 g/mol. The fraction of sp³-hybridized carbons (Fsp3) is 0.231. The topological polar surface area (TPSA) is 48.0 Å². The van der Waals surface area contributed by atoms with Gasteiger partial charge in [0.25, 0.3) is 5.56 Å². The maximum absolute atomic E-state index is 12.5. The van der Waals surface area contributed by atoms with Gasteiger partial charge in [0.15, 0.2) is 5.16 Å². The Morgan fingerprint density at radius 1 is 1.53 bits per heavy atom. The maximum atomic E-state index is 12.5. The van der Waals surface area contributed by atoms with Crippen LogP contribution in [0.3, 0.4) is 0 Å². The minimum Gasteiger partial charge on any atom is -0.467 e. The van der Waals surface area contributed by atoms with Crippen LogP contribution in [0.25, 0.3) is 10.2 Å². The minimum absolute atomic E-state index is 0.00454. The molecule has 0 fully saturated rings. The van der Waals surface area contributed by atoms with Gasteiger partial charge in [-0.1, -0.05) is 11.8 Å². The van der Waals surface area contributed by atoms with Gasteiger partial charge < -0.3 is 4.42 Å². The summed E-state index contributed by atoms with van der Waals surface area (Å²) in [6, 6.07) is 5.58. The molecule has 0 radical (unpaired) electrons. The molecule has 3 aromatic rings. The van der Waals surface area contributed by atoms with Gasteiger partial charge in [-0.3, -0.25) is 9.36 Å². The first-order valence-corrected chi connectivity index (χ1v) is 7.80. The van der Waals surface area contributed by atoms with Crippen molar-refractivity contribution in [3.63, 3.8) is 0 Å². The lowest BCUT2D eigenvalue weighted by molar-refractivity contribution is 0.477. The normalized spacial score (nSPS) is 11.3. The molecule has 98 valence electrons. The number of nitrogens with zero attached hydrogens (tertiary/aromatic N) is 2. The second-order valence-electron chi connectivity index (χ2n) is 4.15. The summed E-state index contributed by atoms with van der Waals surface area (Å²) in [7, 11) is 0. The largest absolute Gasteiger partial charge is 0.467 e. The molecule has 0 aliphatic heterocycles. The molecule has 0 unspecified atom stereocenters. The van der Waals surface area contributed by atoms with Crippen molar-refractivity contribution in [2.24, 2.45) is 0 Å². The summed E-state index contributed by atoms with van der Waals surface area (Å²) in [5, 5.41) is 1.41. The third-order valence-corrected chi connectivity index (χ3v) is 4.44. The number of furan rings is 1. The molecule has 19 heavy (non-hydrogen) atoms. The van der Waals surface area contributed by atoms with Crippen LogP contribution in [0.15, 0.2) is 38.8 Å². The molecule has 0 aromatic carbocycles. The zero-order valence-electron chi connectivity index (χ0n) is 10.5. The van der Waals surface area contributed by atoms with Crippen LogP contribution < -0.4 is 5.56 Å². The predicted octanol–water partition coefficient (Wildman–Crippen LogP) is 3.13. The van der Waals surface area contributed by atoms with Crippen molar-refractivity contribution in [3.05, 3.63) is 45.5 Å². The van der Waals surface area contributed by atoms with E-state index < -0.39 is 0 Å². The highest BCUT2D eigenvalue weighted by molar-refractivity contribution is 7.98. The van der Waals surface area contributed by atoms with Crippen molar-refractivity contribution >= 4 is 33.3 Å². The fourth-order valence-electron chi connectivity index (χ4n) is 1.97. The van der Waals surface area contributed by atoms with E-state index in [4.69, 9.17) is 4.42 Å². The third kappa shape index (κ3) is 2.21. The maximum Gasteiger partial charge on any atom is 0.263 e. The van der Waals surface area contributed by atoms with E-state index in [1.54, 1.807) is 22.2 Å². The van der Waals surface area contributed by atoms with E-state index in [9.17, 15) is 4.79 Å². The predicted molar refractivity (Wildman–Crippen MR) is 78.2 cm³/mol. The fourth-order valence-corrected chi connectivity index (χ4v) is 3.45. The number of thioether (sulfide) groups is 1. The summed E-state index contributed by atoms with van der Waals surface area (Å²) in [6.07, 6.45) is 3.53. The van der Waals surface area contributed by atoms with E-state index in [1.165, 1.54) is 11.8 Å². The van der Waals surface area contributed by atoms with E-state index in [-0.39, 0.29) is 5.56 Å². The second-order valence-corrected chi connectivity index (χ2v) is 6.15. The molecule has 0 amide bonds. The van der Waals surface area contributed by atoms with Gasteiger partial charge >= 0.3 is 0 Å². The molecule has 4 nitrogen and oxygen atoms in total. The van der Waals surface area contributed by atoms with E-state index in [0.29, 0.717) is 11.9 Å². The molecule has 0 aliphatic rings. The Kier molecular flexibility index (Phi) is 3.20. The lowest BCUT2D eigenvalue weighted by Gasteiger charge is -2.08. The summed E-state index contributed by atoms with van der Waals surface area (Å²) < 4.78 is 6.98. The number of rotatable bonds is 3. The average Bonchev–Trinajstić information content (AvgIpc) is 3.01. The summed E-state index contributed by atoms with van der Waals surface area (Å²) in [4.78, 5) is 19.0.